The van der Waals surface area contributed by atoms with Crippen LogP contribution >= 0.6 is 0 Å². The van der Waals surface area contributed by atoms with Crippen molar-refractivity contribution >= 4 is 10.0 Å². The molecule has 1 aliphatic rings. The molecule has 1 heterocycles. The highest BCUT2D eigenvalue weighted by molar-refractivity contribution is 7.89. The van der Waals surface area contributed by atoms with Gasteiger partial charge in [0.15, 0.2) is 0 Å². The van der Waals surface area contributed by atoms with Crippen LogP contribution < -0.4 is 5.32 Å². The zero-order valence-corrected chi connectivity index (χ0v) is 10.9. The first-order chi connectivity index (χ1) is 7.56. The fourth-order valence-corrected chi connectivity index (χ4v) is 3.46. The lowest BCUT2D eigenvalue weighted by atomic mass is 10.3. The van der Waals surface area contributed by atoms with Gasteiger partial charge in [0.05, 0.1) is 5.75 Å². The van der Waals surface area contributed by atoms with E-state index in [9.17, 15) is 8.42 Å². The fraction of sp³-hybridized carbons (Fsp3) is 1.00. The van der Waals surface area contributed by atoms with Gasteiger partial charge in [-0.05, 0) is 26.3 Å². The van der Waals surface area contributed by atoms with Crippen molar-refractivity contribution in [3.05, 3.63) is 0 Å². The van der Waals surface area contributed by atoms with E-state index < -0.39 is 10.0 Å². The van der Waals surface area contributed by atoms with Crippen molar-refractivity contribution in [3.63, 3.8) is 0 Å². The Morgan fingerprint density at radius 3 is 2.94 bits per heavy atom. The number of ether oxygens (including phenoxy) is 1. The van der Waals surface area contributed by atoms with E-state index in [0.717, 1.165) is 13.0 Å². The van der Waals surface area contributed by atoms with Crippen molar-refractivity contribution in [1.29, 1.82) is 0 Å². The van der Waals surface area contributed by atoms with Gasteiger partial charge in [-0.15, -0.1) is 0 Å². The van der Waals surface area contributed by atoms with Crippen LogP contribution in [0.3, 0.4) is 0 Å². The molecule has 1 atom stereocenters. The molecule has 1 fully saturated rings. The average molecular weight is 250 g/mol. The van der Waals surface area contributed by atoms with Crippen molar-refractivity contribution in [2.75, 3.05) is 39.1 Å². The summed E-state index contributed by atoms with van der Waals surface area (Å²) in [5, 5.41) is 3.31. The Balaban J connectivity index is 2.58. The molecule has 96 valence electrons. The van der Waals surface area contributed by atoms with E-state index in [1.54, 1.807) is 11.4 Å². The molecule has 1 unspecified atom stereocenters. The lowest BCUT2D eigenvalue weighted by Crippen LogP contribution is -2.46. The molecule has 16 heavy (non-hydrogen) atoms. The van der Waals surface area contributed by atoms with Gasteiger partial charge in [-0.2, -0.15) is 0 Å². The van der Waals surface area contributed by atoms with Crippen LogP contribution in [0.4, 0.5) is 0 Å². The van der Waals surface area contributed by atoms with Crippen molar-refractivity contribution < 1.29 is 13.2 Å². The Morgan fingerprint density at radius 2 is 2.25 bits per heavy atom. The van der Waals surface area contributed by atoms with Crippen LogP contribution in [-0.4, -0.2) is 57.9 Å². The summed E-state index contributed by atoms with van der Waals surface area (Å²) in [4.78, 5) is 0. The lowest BCUT2D eigenvalue weighted by Gasteiger charge is -2.28. The largest absolute Gasteiger partial charge is 0.385 e. The molecule has 1 saturated heterocycles. The summed E-state index contributed by atoms with van der Waals surface area (Å²) in [6.07, 6.45) is 1.44. The number of nitrogens with zero attached hydrogens (tertiary/aromatic N) is 1. The molecule has 0 aromatic carbocycles. The predicted octanol–water partition coefficient (Wildman–Crippen LogP) is 0.0365. The normalized spacial score (nSPS) is 27.2. The molecule has 1 rings (SSSR count). The van der Waals surface area contributed by atoms with Crippen LogP contribution in [0.25, 0.3) is 0 Å². The molecule has 6 heteroatoms. The van der Waals surface area contributed by atoms with E-state index in [-0.39, 0.29) is 11.8 Å². The molecule has 0 aromatic rings. The number of sulfonamides is 1. The van der Waals surface area contributed by atoms with Crippen LogP contribution in [0.15, 0.2) is 0 Å². The molecule has 1 aliphatic heterocycles. The molecule has 1 N–H and O–H groups in total. The summed E-state index contributed by atoms with van der Waals surface area (Å²) >= 11 is 0. The highest BCUT2D eigenvalue weighted by atomic mass is 32.2. The van der Waals surface area contributed by atoms with Gasteiger partial charge in [0.1, 0.15) is 0 Å². The second-order valence-electron chi connectivity index (χ2n) is 4.23. The third kappa shape index (κ3) is 4.37. The highest BCUT2D eigenvalue weighted by Crippen LogP contribution is 2.08. The van der Waals surface area contributed by atoms with Gasteiger partial charge in [0.25, 0.3) is 0 Å². The SMILES string of the molecule is COCCCN1CC(C)NCCCS1(=O)=O. The van der Waals surface area contributed by atoms with Gasteiger partial charge in [0, 0.05) is 32.8 Å². The molecule has 0 spiro atoms. The van der Waals surface area contributed by atoms with E-state index in [4.69, 9.17) is 4.74 Å². The molecule has 0 saturated carbocycles. The van der Waals surface area contributed by atoms with Gasteiger partial charge in [-0.1, -0.05) is 0 Å². The van der Waals surface area contributed by atoms with E-state index in [0.29, 0.717) is 26.1 Å². The standard InChI is InChI=1S/C10H22N2O3S/c1-10-9-12(6-4-7-15-2)16(13,14)8-3-5-11-10/h10-11H,3-9H2,1-2H3. The van der Waals surface area contributed by atoms with Crippen molar-refractivity contribution in [2.45, 2.75) is 25.8 Å². The summed E-state index contributed by atoms with van der Waals surface area (Å²) in [6, 6.07) is 0.220. The number of hydrogen-bond donors (Lipinski definition) is 1. The van der Waals surface area contributed by atoms with Crippen LogP contribution in [0.2, 0.25) is 0 Å². The summed E-state index contributed by atoms with van der Waals surface area (Å²) in [5.41, 5.74) is 0. The van der Waals surface area contributed by atoms with E-state index >= 15 is 0 Å². The minimum Gasteiger partial charge on any atom is -0.385 e. The third-order valence-corrected chi connectivity index (χ3v) is 4.62. The summed E-state index contributed by atoms with van der Waals surface area (Å²) in [7, 11) is -1.43. The van der Waals surface area contributed by atoms with Crippen LogP contribution in [0, 0.1) is 0 Å². The van der Waals surface area contributed by atoms with Gasteiger partial charge < -0.3 is 10.1 Å². The zero-order valence-electron chi connectivity index (χ0n) is 10.1. The van der Waals surface area contributed by atoms with E-state index in [1.807, 2.05) is 6.92 Å². The predicted molar refractivity (Wildman–Crippen MR) is 63.9 cm³/mol. The van der Waals surface area contributed by atoms with E-state index in [1.165, 1.54) is 0 Å². The van der Waals surface area contributed by atoms with Gasteiger partial charge >= 0.3 is 0 Å². The summed E-state index contributed by atoms with van der Waals surface area (Å²) in [6.45, 7) is 4.53. The number of hydrogen-bond acceptors (Lipinski definition) is 4. The first-order valence-corrected chi connectivity index (χ1v) is 7.37. The van der Waals surface area contributed by atoms with Crippen molar-refractivity contribution in [2.24, 2.45) is 0 Å². The highest BCUT2D eigenvalue weighted by Gasteiger charge is 2.24. The summed E-state index contributed by atoms with van der Waals surface area (Å²) in [5.74, 6) is 0.250. The lowest BCUT2D eigenvalue weighted by molar-refractivity contribution is 0.185. The first kappa shape index (κ1) is 13.9. The molecular weight excluding hydrogens is 228 g/mol. The molecule has 0 bridgehead atoms. The third-order valence-electron chi connectivity index (χ3n) is 2.70. The van der Waals surface area contributed by atoms with Crippen molar-refractivity contribution in [3.8, 4) is 0 Å². The first-order valence-electron chi connectivity index (χ1n) is 5.76. The molecule has 5 nitrogen and oxygen atoms in total. The maximum Gasteiger partial charge on any atom is 0.214 e. The van der Waals surface area contributed by atoms with Gasteiger partial charge in [-0.3, -0.25) is 0 Å². The van der Waals surface area contributed by atoms with Crippen LogP contribution in [0.5, 0.6) is 0 Å². The topological polar surface area (TPSA) is 58.6 Å². The zero-order chi connectivity index (χ0) is 12.0. The quantitative estimate of drug-likeness (QED) is 0.716. The fourth-order valence-electron chi connectivity index (χ4n) is 1.83. The molecule has 0 amide bonds. The van der Waals surface area contributed by atoms with Crippen LogP contribution in [0.1, 0.15) is 19.8 Å². The second-order valence-corrected chi connectivity index (χ2v) is 6.32. The molecule has 0 radical (unpaired) electrons. The Bertz CT molecular complexity index is 292. The minimum absolute atomic E-state index is 0.220. The van der Waals surface area contributed by atoms with Gasteiger partial charge in [-0.25, -0.2) is 12.7 Å². The number of nitrogens with one attached hydrogen (secondary N) is 1. The van der Waals surface area contributed by atoms with Gasteiger partial charge in [0.2, 0.25) is 10.0 Å². The maximum atomic E-state index is 12.0. The minimum atomic E-state index is -3.06. The Kier molecular flexibility index (Phi) is 5.68. The summed E-state index contributed by atoms with van der Waals surface area (Å²) < 4.78 is 30.4. The van der Waals surface area contributed by atoms with Crippen LogP contribution in [-0.2, 0) is 14.8 Å². The second kappa shape index (κ2) is 6.54. The monoisotopic (exact) mass is 250 g/mol. The Labute approximate surface area is 98.2 Å². The Morgan fingerprint density at radius 1 is 1.50 bits per heavy atom. The molecule has 0 aromatic heterocycles. The van der Waals surface area contributed by atoms with Crippen molar-refractivity contribution in [1.82, 2.24) is 9.62 Å². The molecule has 0 aliphatic carbocycles. The number of methoxy groups -OCH3 is 1. The molecular formula is C10H22N2O3S. The number of rotatable bonds is 4. The smallest absolute Gasteiger partial charge is 0.214 e. The van der Waals surface area contributed by atoms with E-state index in [2.05, 4.69) is 5.32 Å². The maximum absolute atomic E-state index is 12.0. The Hall–Kier alpha value is -0.170. The average Bonchev–Trinajstić information content (AvgIpc) is 2.22.